The van der Waals surface area contributed by atoms with Gasteiger partial charge in [-0.25, -0.2) is 4.98 Å². The number of carbonyl (C=O) groups is 2. The van der Waals surface area contributed by atoms with Crippen LogP contribution in [0.15, 0.2) is 36.8 Å². The van der Waals surface area contributed by atoms with Crippen LogP contribution < -0.4 is 11.1 Å². The number of imidazole rings is 1. The minimum absolute atomic E-state index is 0.0595. The van der Waals surface area contributed by atoms with E-state index in [0.29, 0.717) is 5.56 Å². The van der Waals surface area contributed by atoms with E-state index in [9.17, 15) is 9.59 Å². The summed E-state index contributed by atoms with van der Waals surface area (Å²) in [5.41, 5.74) is 7.57. The largest absolute Gasteiger partial charge is 0.368 e. The Hall–Kier alpha value is -2.63. The summed E-state index contributed by atoms with van der Waals surface area (Å²) in [6.45, 7) is 3.66. The molecule has 0 radical (unpaired) electrons. The maximum atomic E-state index is 12.1. The van der Waals surface area contributed by atoms with Crippen molar-refractivity contribution < 1.29 is 9.59 Å². The Balaban J connectivity index is 2.11. The molecule has 21 heavy (non-hydrogen) atoms. The Morgan fingerprint density at radius 2 is 1.90 bits per heavy atom. The van der Waals surface area contributed by atoms with Crippen molar-refractivity contribution >= 4 is 11.8 Å². The van der Waals surface area contributed by atoms with Crippen molar-refractivity contribution in [3.8, 4) is 11.3 Å². The van der Waals surface area contributed by atoms with Gasteiger partial charge in [-0.3, -0.25) is 9.59 Å². The highest BCUT2D eigenvalue weighted by Gasteiger charge is 2.22. The fourth-order valence-electron chi connectivity index (χ4n) is 2.01. The molecule has 1 heterocycles. The molecule has 110 valence electrons. The number of nitrogens with two attached hydrogens (primary N) is 1. The normalized spacial score (nSPS) is 12.1. The van der Waals surface area contributed by atoms with E-state index < -0.39 is 11.9 Å². The van der Waals surface area contributed by atoms with Crippen LogP contribution in [0.3, 0.4) is 0 Å². The summed E-state index contributed by atoms with van der Waals surface area (Å²) in [6, 6.07) is 6.35. The topological polar surface area (TPSA) is 101 Å². The SMILES string of the molecule is CC(C)[C@H](NC(=O)c1ccc(-c2cnc[nH]2)cc1)C(N)=O. The second-order valence-electron chi connectivity index (χ2n) is 5.14. The number of carbonyl (C=O) groups excluding carboxylic acids is 2. The minimum Gasteiger partial charge on any atom is -0.368 e. The summed E-state index contributed by atoms with van der Waals surface area (Å²) in [5, 5.41) is 2.65. The first-order valence-electron chi connectivity index (χ1n) is 6.68. The molecule has 1 atom stereocenters. The lowest BCUT2D eigenvalue weighted by Gasteiger charge is -2.18. The van der Waals surface area contributed by atoms with Gasteiger partial charge in [0.05, 0.1) is 18.2 Å². The smallest absolute Gasteiger partial charge is 0.251 e. The average Bonchev–Trinajstić information content (AvgIpc) is 2.98. The number of benzene rings is 1. The molecule has 1 aromatic carbocycles. The lowest BCUT2D eigenvalue weighted by atomic mass is 10.0. The predicted octanol–water partition coefficient (Wildman–Crippen LogP) is 1.32. The van der Waals surface area contributed by atoms with Crippen molar-refractivity contribution in [1.29, 1.82) is 0 Å². The number of primary amides is 1. The lowest BCUT2D eigenvalue weighted by molar-refractivity contribution is -0.120. The zero-order valence-corrected chi connectivity index (χ0v) is 12.0. The van der Waals surface area contributed by atoms with Crippen LogP contribution in [0.4, 0.5) is 0 Å². The molecule has 6 heteroatoms. The average molecular weight is 286 g/mol. The molecule has 0 aliphatic carbocycles. The maximum absolute atomic E-state index is 12.1. The first kappa shape index (κ1) is 14.8. The molecule has 0 fully saturated rings. The van der Waals surface area contributed by atoms with Crippen molar-refractivity contribution in [2.24, 2.45) is 11.7 Å². The molecular weight excluding hydrogens is 268 g/mol. The number of hydrogen-bond donors (Lipinski definition) is 3. The number of H-pyrrole nitrogens is 1. The third-order valence-corrected chi connectivity index (χ3v) is 3.22. The molecule has 1 aromatic heterocycles. The van der Waals surface area contributed by atoms with E-state index in [1.165, 1.54) is 0 Å². The third kappa shape index (κ3) is 3.47. The molecule has 0 saturated carbocycles. The number of nitrogens with zero attached hydrogens (tertiary/aromatic N) is 1. The van der Waals surface area contributed by atoms with Gasteiger partial charge < -0.3 is 16.0 Å². The number of aromatic nitrogens is 2. The minimum atomic E-state index is -0.676. The first-order valence-corrected chi connectivity index (χ1v) is 6.68. The lowest BCUT2D eigenvalue weighted by Crippen LogP contribution is -2.47. The van der Waals surface area contributed by atoms with E-state index in [0.717, 1.165) is 11.3 Å². The summed E-state index contributed by atoms with van der Waals surface area (Å²) in [6.07, 6.45) is 3.30. The Bertz CT molecular complexity index is 618. The first-order chi connectivity index (χ1) is 9.99. The van der Waals surface area contributed by atoms with Gasteiger partial charge in [0.2, 0.25) is 5.91 Å². The van der Waals surface area contributed by atoms with Gasteiger partial charge in [-0.1, -0.05) is 26.0 Å². The van der Waals surface area contributed by atoms with E-state index in [1.807, 2.05) is 26.0 Å². The van der Waals surface area contributed by atoms with Crippen molar-refractivity contribution in [3.63, 3.8) is 0 Å². The van der Waals surface area contributed by atoms with Crippen LogP contribution in [-0.4, -0.2) is 27.8 Å². The molecule has 2 amide bonds. The van der Waals surface area contributed by atoms with Crippen LogP contribution in [-0.2, 0) is 4.79 Å². The van der Waals surface area contributed by atoms with Gasteiger partial charge >= 0.3 is 0 Å². The fraction of sp³-hybridized carbons (Fsp3) is 0.267. The van der Waals surface area contributed by atoms with E-state index >= 15 is 0 Å². The van der Waals surface area contributed by atoms with Gasteiger partial charge in [0, 0.05) is 5.56 Å². The molecule has 0 aliphatic rings. The molecular formula is C15H18N4O2. The summed E-state index contributed by atoms with van der Waals surface area (Å²) in [5.74, 6) is -0.910. The quantitative estimate of drug-likeness (QED) is 0.772. The van der Waals surface area contributed by atoms with Gasteiger partial charge in [-0.2, -0.15) is 0 Å². The number of hydrogen-bond acceptors (Lipinski definition) is 3. The van der Waals surface area contributed by atoms with Crippen molar-refractivity contribution in [2.45, 2.75) is 19.9 Å². The van der Waals surface area contributed by atoms with Gasteiger partial charge in [0.1, 0.15) is 6.04 Å². The predicted molar refractivity (Wildman–Crippen MR) is 79.3 cm³/mol. The van der Waals surface area contributed by atoms with Crippen LogP contribution in [0.5, 0.6) is 0 Å². The molecule has 4 N–H and O–H groups in total. The molecule has 0 unspecified atom stereocenters. The molecule has 6 nitrogen and oxygen atoms in total. The molecule has 0 bridgehead atoms. The van der Waals surface area contributed by atoms with E-state index in [-0.39, 0.29) is 11.8 Å². The van der Waals surface area contributed by atoms with Crippen LogP contribution in [0, 0.1) is 5.92 Å². The van der Waals surface area contributed by atoms with Gasteiger partial charge in [0.25, 0.3) is 5.91 Å². The third-order valence-electron chi connectivity index (χ3n) is 3.22. The summed E-state index contributed by atoms with van der Waals surface area (Å²) < 4.78 is 0. The maximum Gasteiger partial charge on any atom is 0.251 e. The van der Waals surface area contributed by atoms with Crippen LogP contribution in [0.1, 0.15) is 24.2 Å². The van der Waals surface area contributed by atoms with Gasteiger partial charge in [-0.15, -0.1) is 0 Å². The Morgan fingerprint density at radius 1 is 1.24 bits per heavy atom. The Labute approximate surface area is 122 Å². The monoisotopic (exact) mass is 286 g/mol. The molecule has 0 saturated heterocycles. The summed E-state index contributed by atoms with van der Waals surface area (Å²) >= 11 is 0. The van der Waals surface area contributed by atoms with Crippen LogP contribution in [0.25, 0.3) is 11.3 Å². The van der Waals surface area contributed by atoms with Crippen LogP contribution >= 0.6 is 0 Å². The van der Waals surface area contributed by atoms with E-state index in [4.69, 9.17) is 5.73 Å². The number of amides is 2. The molecule has 0 aliphatic heterocycles. The van der Waals surface area contributed by atoms with Crippen molar-refractivity contribution in [3.05, 3.63) is 42.4 Å². The van der Waals surface area contributed by atoms with Gasteiger partial charge in [-0.05, 0) is 23.6 Å². The highest BCUT2D eigenvalue weighted by atomic mass is 16.2. The second-order valence-corrected chi connectivity index (χ2v) is 5.14. The molecule has 2 rings (SSSR count). The molecule has 0 spiro atoms. The number of nitrogens with one attached hydrogen (secondary N) is 2. The highest BCUT2D eigenvalue weighted by Crippen LogP contribution is 2.16. The van der Waals surface area contributed by atoms with Crippen LogP contribution in [0.2, 0.25) is 0 Å². The standard InChI is InChI=1S/C15H18N4O2/c1-9(2)13(14(16)20)19-15(21)11-5-3-10(4-6-11)12-7-17-8-18-12/h3-9,13H,1-2H3,(H2,16,20)(H,17,18)(H,19,21)/t13-/m0/s1. The van der Waals surface area contributed by atoms with E-state index in [1.54, 1.807) is 24.7 Å². The van der Waals surface area contributed by atoms with E-state index in [2.05, 4.69) is 15.3 Å². The summed E-state index contributed by atoms with van der Waals surface area (Å²) in [7, 11) is 0. The van der Waals surface area contributed by atoms with Crippen molar-refractivity contribution in [2.75, 3.05) is 0 Å². The number of aromatic amines is 1. The van der Waals surface area contributed by atoms with Gasteiger partial charge in [0.15, 0.2) is 0 Å². The zero-order valence-electron chi connectivity index (χ0n) is 12.0. The Morgan fingerprint density at radius 3 is 2.38 bits per heavy atom. The second kappa shape index (κ2) is 6.21. The Kier molecular flexibility index (Phi) is 4.37. The molecule has 2 aromatic rings. The summed E-state index contributed by atoms with van der Waals surface area (Å²) in [4.78, 5) is 30.4. The fourth-order valence-corrected chi connectivity index (χ4v) is 2.01. The number of rotatable bonds is 5. The zero-order chi connectivity index (χ0) is 15.4. The van der Waals surface area contributed by atoms with Crippen molar-refractivity contribution in [1.82, 2.24) is 15.3 Å². The highest BCUT2D eigenvalue weighted by molar-refractivity contribution is 5.97.